The van der Waals surface area contributed by atoms with Crippen molar-refractivity contribution in [2.45, 2.75) is 45.6 Å². The first-order valence-corrected chi connectivity index (χ1v) is 8.89. The molecule has 4 heteroatoms. The monoisotopic (exact) mass is 311 g/mol. The van der Waals surface area contributed by atoms with Gasteiger partial charge < -0.3 is 9.88 Å². The van der Waals surface area contributed by atoms with Crippen LogP contribution in [0.15, 0.2) is 24.3 Å². The van der Waals surface area contributed by atoms with Crippen LogP contribution in [0, 0.1) is 24.7 Å². The number of aromatic nitrogens is 2. The predicted octanol–water partition coefficient (Wildman–Crippen LogP) is 3.29. The quantitative estimate of drug-likeness (QED) is 0.921. The molecule has 2 aliphatic rings. The highest BCUT2D eigenvalue weighted by atomic mass is 16.1. The van der Waals surface area contributed by atoms with Crippen LogP contribution in [-0.2, 0) is 11.3 Å². The van der Waals surface area contributed by atoms with E-state index in [9.17, 15) is 4.79 Å². The SMILES string of the molecule is Cc1nc2ccccc2n1CC(=O)NCCC1CC2CCC1C2. The van der Waals surface area contributed by atoms with E-state index < -0.39 is 0 Å². The largest absolute Gasteiger partial charge is 0.355 e. The summed E-state index contributed by atoms with van der Waals surface area (Å²) in [5, 5.41) is 3.11. The first kappa shape index (κ1) is 14.7. The van der Waals surface area contributed by atoms with E-state index in [1.165, 1.54) is 25.7 Å². The molecule has 3 unspecified atom stereocenters. The van der Waals surface area contributed by atoms with Gasteiger partial charge in [0.05, 0.1) is 11.0 Å². The summed E-state index contributed by atoms with van der Waals surface area (Å²) >= 11 is 0. The second-order valence-electron chi connectivity index (χ2n) is 7.31. The molecule has 0 saturated heterocycles. The molecule has 0 spiro atoms. The van der Waals surface area contributed by atoms with Gasteiger partial charge in [0.2, 0.25) is 5.91 Å². The topological polar surface area (TPSA) is 46.9 Å². The number of benzene rings is 1. The van der Waals surface area contributed by atoms with Gasteiger partial charge in [-0.2, -0.15) is 0 Å². The number of hydrogen-bond donors (Lipinski definition) is 1. The molecule has 0 aliphatic heterocycles. The van der Waals surface area contributed by atoms with Crippen LogP contribution < -0.4 is 5.32 Å². The number of imidazole rings is 1. The number of amides is 1. The summed E-state index contributed by atoms with van der Waals surface area (Å²) in [6.07, 6.45) is 6.85. The van der Waals surface area contributed by atoms with Crippen molar-refractivity contribution < 1.29 is 4.79 Å². The Labute approximate surface area is 137 Å². The lowest BCUT2D eigenvalue weighted by molar-refractivity contribution is -0.121. The van der Waals surface area contributed by atoms with Gasteiger partial charge in [-0.3, -0.25) is 4.79 Å². The fourth-order valence-electron chi connectivity index (χ4n) is 4.72. The molecule has 2 saturated carbocycles. The smallest absolute Gasteiger partial charge is 0.240 e. The zero-order valence-electron chi connectivity index (χ0n) is 13.8. The maximum atomic E-state index is 12.3. The lowest BCUT2D eigenvalue weighted by Crippen LogP contribution is -2.30. The Morgan fingerprint density at radius 2 is 2.17 bits per heavy atom. The first-order valence-electron chi connectivity index (χ1n) is 8.89. The number of aryl methyl sites for hydroxylation is 1. The van der Waals surface area contributed by atoms with E-state index in [2.05, 4.69) is 10.3 Å². The third-order valence-electron chi connectivity index (χ3n) is 5.87. The van der Waals surface area contributed by atoms with Gasteiger partial charge in [-0.15, -0.1) is 0 Å². The van der Waals surface area contributed by atoms with Gasteiger partial charge in [-0.1, -0.05) is 18.6 Å². The minimum Gasteiger partial charge on any atom is -0.355 e. The molecule has 2 aromatic rings. The highest BCUT2D eigenvalue weighted by Crippen LogP contribution is 2.49. The van der Waals surface area contributed by atoms with Crippen LogP contribution in [-0.4, -0.2) is 22.0 Å². The lowest BCUT2D eigenvalue weighted by Gasteiger charge is -2.21. The van der Waals surface area contributed by atoms with Crippen LogP contribution >= 0.6 is 0 Å². The van der Waals surface area contributed by atoms with Crippen LogP contribution in [0.2, 0.25) is 0 Å². The van der Waals surface area contributed by atoms with Gasteiger partial charge in [-0.25, -0.2) is 4.98 Å². The Morgan fingerprint density at radius 1 is 1.30 bits per heavy atom. The van der Waals surface area contributed by atoms with Gasteiger partial charge in [0, 0.05) is 6.54 Å². The molecule has 1 N–H and O–H groups in total. The van der Waals surface area contributed by atoms with Crippen molar-refractivity contribution in [2.75, 3.05) is 6.54 Å². The highest BCUT2D eigenvalue weighted by molar-refractivity contribution is 5.81. The normalized spacial score (nSPS) is 26.0. The van der Waals surface area contributed by atoms with E-state index in [1.807, 2.05) is 35.8 Å². The maximum Gasteiger partial charge on any atom is 0.240 e. The van der Waals surface area contributed by atoms with E-state index in [1.54, 1.807) is 0 Å². The zero-order valence-corrected chi connectivity index (χ0v) is 13.8. The highest BCUT2D eigenvalue weighted by Gasteiger charge is 2.38. The predicted molar refractivity (Wildman–Crippen MR) is 91.0 cm³/mol. The number of fused-ring (bicyclic) bond motifs is 3. The average molecular weight is 311 g/mol. The Morgan fingerprint density at radius 3 is 2.96 bits per heavy atom. The van der Waals surface area contributed by atoms with E-state index >= 15 is 0 Å². The Balaban J connectivity index is 1.32. The van der Waals surface area contributed by atoms with Gasteiger partial charge in [0.25, 0.3) is 0 Å². The summed E-state index contributed by atoms with van der Waals surface area (Å²) in [4.78, 5) is 16.8. The van der Waals surface area contributed by atoms with Gasteiger partial charge in [-0.05, 0) is 62.5 Å². The molecule has 0 radical (unpaired) electrons. The fourth-order valence-corrected chi connectivity index (χ4v) is 4.72. The molecule has 4 nitrogen and oxygen atoms in total. The van der Waals surface area contributed by atoms with Gasteiger partial charge in [0.15, 0.2) is 0 Å². The van der Waals surface area contributed by atoms with Crippen LogP contribution in [0.25, 0.3) is 11.0 Å². The second-order valence-corrected chi connectivity index (χ2v) is 7.31. The zero-order chi connectivity index (χ0) is 15.8. The third kappa shape index (κ3) is 2.87. The molecule has 3 atom stereocenters. The molecule has 2 aliphatic carbocycles. The Kier molecular flexibility index (Phi) is 3.83. The van der Waals surface area contributed by atoms with Gasteiger partial charge in [0.1, 0.15) is 12.4 Å². The van der Waals surface area contributed by atoms with Crippen molar-refractivity contribution in [2.24, 2.45) is 17.8 Å². The molecule has 1 heterocycles. The first-order chi connectivity index (χ1) is 11.2. The number of carbonyl (C=O) groups is 1. The molecular formula is C19H25N3O. The molecule has 2 fully saturated rings. The number of carbonyl (C=O) groups excluding carboxylic acids is 1. The molecule has 2 bridgehead atoms. The third-order valence-corrected chi connectivity index (χ3v) is 5.87. The van der Waals surface area contributed by atoms with E-state index in [-0.39, 0.29) is 5.91 Å². The van der Waals surface area contributed by atoms with Crippen molar-refractivity contribution in [1.82, 2.24) is 14.9 Å². The van der Waals surface area contributed by atoms with Crippen LogP contribution in [0.4, 0.5) is 0 Å². The summed E-state index contributed by atoms with van der Waals surface area (Å²) in [6.45, 7) is 3.14. The van der Waals surface area contributed by atoms with Crippen LogP contribution in [0.1, 0.15) is 37.9 Å². The second kappa shape index (κ2) is 5.99. The molecule has 4 rings (SSSR count). The minimum atomic E-state index is 0.0967. The van der Waals surface area contributed by atoms with Gasteiger partial charge >= 0.3 is 0 Å². The molecule has 122 valence electrons. The summed E-state index contributed by atoms with van der Waals surface area (Å²) < 4.78 is 2.00. The molecule has 23 heavy (non-hydrogen) atoms. The summed E-state index contributed by atoms with van der Waals surface area (Å²) in [6, 6.07) is 7.99. The number of nitrogens with zero attached hydrogens (tertiary/aromatic N) is 2. The minimum absolute atomic E-state index is 0.0967. The Hall–Kier alpha value is -1.84. The lowest BCUT2D eigenvalue weighted by atomic mass is 9.86. The van der Waals surface area contributed by atoms with Crippen LogP contribution in [0.5, 0.6) is 0 Å². The summed E-state index contributed by atoms with van der Waals surface area (Å²) in [5.74, 6) is 3.77. The van der Waals surface area contributed by atoms with Crippen LogP contribution in [0.3, 0.4) is 0 Å². The molecule has 1 amide bonds. The number of para-hydroxylation sites is 2. The van der Waals surface area contributed by atoms with Crippen molar-refractivity contribution >= 4 is 16.9 Å². The maximum absolute atomic E-state index is 12.3. The van der Waals surface area contributed by atoms with E-state index in [0.717, 1.165) is 47.6 Å². The van der Waals surface area contributed by atoms with Crippen molar-refractivity contribution in [3.63, 3.8) is 0 Å². The van der Waals surface area contributed by atoms with Crippen molar-refractivity contribution in [3.05, 3.63) is 30.1 Å². The molecule has 1 aromatic carbocycles. The van der Waals surface area contributed by atoms with E-state index in [0.29, 0.717) is 6.54 Å². The van der Waals surface area contributed by atoms with E-state index in [4.69, 9.17) is 0 Å². The average Bonchev–Trinajstić information content (AvgIpc) is 3.23. The number of nitrogens with one attached hydrogen (secondary N) is 1. The fraction of sp³-hybridized carbons (Fsp3) is 0.579. The number of hydrogen-bond acceptors (Lipinski definition) is 2. The van der Waals surface area contributed by atoms with Crippen molar-refractivity contribution in [3.8, 4) is 0 Å². The van der Waals surface area contributed by atoms with Crippen molar-refractivity contribution in [1.29, 1.82) is 0 Å². The summed E-state index contributed by atoms with van der Waals surface area (Å²) in [7, 11) is 0. The summed E-state index contributed by atoms with van der Waals surface area (Å²) in [5.41, 5.74) is 1.99. The standard InChI is InChI=1S/C19H25N3O/c1-13-21-17-4-2-3-5-18(17)22(13)12-19(23)20-9-8-16-11-14-6-7-15(16)10-14/h2-5,14-16H,6-12H2,1H3,(H,20,23). The molecule has 1 aromatic heterocycles. The Bertz CT molecular complexity index is 720. The number of rotatable bonds is 5. The molecular weight excluding hydrogens is 286 g/mol.